The van der Waals surface area contributed by atoms with Crippen LogP contribution < -0.4 is 20.9 Å². The number of anilines is 4. The van der Waals surface area contributed by atoms with Gasteiger partial charge in [-0.2, -0.15) is 4.98 Å². The third-order valence-corrected chi connectivity index (χ3v) is 7.50. The van der Waals surface area contributed by atoms with E-state index in [9.17, 15) is 4.79 Å². The lowest BCUT2D eigenvalue weighted by Gasteiger charge is -2.34. The van der Waals surface area contributed by atoms with Gasteiger partial charge in [-0.25, -0.2) is 4.98 Å². The Labute approximate surface area is 225 Å². The second kappa shape index (κ2) is 11.8. The summed E-state index contributed by atoms with van der Waals surface area (Å²) in [6, 6.07) is 17.3. The summed E-state index contributed by atoms with van der Waals surface area (Å²) in [5.41, 5.74) is 3.68. The zero-order chi connectivity index (χ0) is 25.6. The maximum Gasteiger partial charge on any atom is 0.251 e. The van der Waals surface area contributed by atoms with Crippen molar-refractivity contribution in [1.82, 2.24) is 20.2 Å². The van der Waals surface area contributed by atoms with Crippen molar-refractivity contribution in [3.05, 3.63) is 70.6 Å². The molecule has 1 fully saturated rings. The van der Waals surface area contributed by atoms with Crippen molar-refractivity contribution in [3.8, 4) is 0 Å². The number of hydrogen-bond donors (Lipinski definition) is 3. The summed E-state index contributed by atoms with van der Waals surface area (Å²) in [6.07, 6.45) is 0.757. The number of piperazine rings is 1. The fourth-order valence-corrected chi connectivity index (χ4v) is 5.11. The average Bonchev–Trinajstić information content (AvgIpc) is 3.39. The van der Waals surface area contributed by atoms with Gasteiger partial charge < -0.3 is 25.8 Å². The van der Waals surface area contributed by atoms with Crippen molar-refractivity contribution in [1.29, 1.82) is 0 Å². The fourth-order valence-electron chi connectivity index (χ4n) is 4.19. The van der Waals surface area contributed by atoms with E-state index >= 15 is 0 Å². The molecule has 10 heteroatoms. The molecule has 3 N–H and O–H groups in total. The Bertz CT molecular complexity index is 1340. The number of likely N-dealkylation sites (N-methyl/N-ethyl adjacent to an activating group) is 1. The minimum atomic E-state index is -0.107. The summed E-state index contributed by atoms with van der Waals surface area (Å²) in [7, 11) is 2.17. The van der Waals surface area contributed by atoms with Gasteiger partial charge >= 0.3 is 0 Å². The summed E-state index contributed by atoms with van der Waals surface area (Å²) in [6.45, 7) is 5.47. The van der Waals surface area contributed by atoms with Crippen LogP contribution in [0.4, 0.5) is 23.1 Å². The molecule has 192 valence electrons. The molecule has 3 heterocycles. The maximum atomic E-state index is 12.3. The summed E-state index contributed by atoms with van der Waals surface area (Å²) in [5, 5.41) is 12.3. The van der Waals surface area contributed by atoms with Crippen LogP contribution in [0.3, 0.4) is 0 Å². The Morgan fingerprint density at radius 3 is 2.49 bits per heavy atom. The van der Waals surface area contributed by atoms with Crippen LogP contribution in [0.2, 0.25) is 5.02 Å². The van der Waals surface area contributed by atoms with Gasteiger partial charge in [0.1, 0.15) is 5.82 Å². The first-order valence-corrected chi connectivity index (χ1v) is 13.6. The molecule has 1 aliphatic rings. The first-order chi connectivity index (χ1) is 18.0. The number of nitrogens with zero attached hydrogens (tertiary/aromatic N) is 4. The Hall–Kier alpha value is -3.40. The van der Waals surface area contributed by atoms with Crippen molar-refractivity contribution in [2.24, 2.45) is 0 Å². The summed E-state index contributed by atoms with van der Waals surface area (Å²) < 4.78 is 1.01. The molecule has 5 rings (SSSR count). The van der Waals surface area contributed by atoms with Crippen LogP contribution in [0.25, 0.3) is 10.2 Å². The van der Waals surface area contributed by atoms with E-state index in [1.54, 1.807) is 35.6 Å². The minimum Gasteiger partial charge on any atom is -0.369 e. The smallest absolute Gasteiger partial charge is 0.251 e. The van der Waals surface area contributed by atoms with E-state index < -0.39 is 0 Å². The molecule has 4 aromatic rings. The van der Waals surface area contributed by atoms with Gasteiger partial charge in [-0.1, -0.05) is 11.6 Å². The molecule has 1 aliphatic heterocycles. The van der Waals surface area contributed by atoms with Gasteiger partial charge in [0.25, 0.3) is 5.91 Å². The Morgan fingerprint density at radius 2 is 1.73 bits per heavy atom. The summed E-state index contributed by atoms with van der Waals surface area (Å²) in [5.74, 6) is 1.24. The highest BCUT2D eigenvalue weighted by molar-refractivity contribution is 7.17. The standard InChI is InChI=1S/C27H30ClN7OS/c1-34-14-16-35(17-15-34)22-9-7-21(8-10-22)31-27-32-23-11-18-37-24(23)25(33-27)29-12-2-13-30-26(36)19-3-5-20(28)6-4-19/h3-11,18H,2,12-17H2,1H3,(H,30,36)(H2,29,31,32,33). The third-order valence-electron chi connectivity index (χ3n) is 6.33. The van der Waals surface area contributed by atoms with Gasteiger partial charge in [0.05, 0.1) is 10.2 Å². The van der Waals surface area contributed by atoms with Crippen molar-refractivity contribution in [3.63, 3.8) is 0 Å². The molecule has 2 aromatic carbocycles. The van der Waals surface area contributed by atoms with E-state index in [1.165, 1.54) is 5.69 Å². The average molecular weight is 536 g/mol. The van der Waals surface area contributed by atoms with Crippen LogP contribution in [-0.2, 0) is 0 Å². The lowest BCUT2D eigenvalue weighted by atomic mass is 10.2. The molecule has 0 saturated carbocycles. The first-order valence-electron chi connectivity index (χ1n) is 12.4. The Kier molecular flexibility index (Phi) is 8.03. The summed E-state index contributed by atoms with van der Waals surface area (Å²) >= 11 is 7.50. The highest BCUT2D eigenvalue weighted by Crippen LogP contribution is 2.29. The van der Waals surface area contributed by atoms with Crippen LogP contribution in [0.15, 0.2) is 60.0 Å². The van der Waals surface area contributed by atoms with Crippen molar-refractivity contribution >= 4 is 62.2 Å². The lowest BCUT2D eigenvalue weighted by Crippen LogP contribution is -2.44. The molecule has 1 amide bonds. The SMILES string of the molecule is CN1CCN(c2ccc(Nc3nc(NCCCNC(=O)c4ccc(Cl)cc4)c4sccc4n3)cc2)CC1. The van der Waals surface area contributed by atoms with Crippen molar-refractivity contribution in [2.45, 2.75) is 6.42 Å². The number of thiophene rings is 1. The van der Waals surface area contributed by atoms with Gasteiger partial charge in [-0.15, -0.1) is 11.3 Å². The van der Waals surface area contributed by atoms with E-state index in [0.29, 0.717) is 29.6 Å². The van der Waals surface area contributed by atoms with E-state index in [2.05, 4.69) is 62.0 Å². The van der Waals surface area contributed by atoms with Crippen LogP contribution >= 0.6 is 22.9 Å². The molecule has 0 spiro atoms. The highest BCUT2D eigenvalue weighted by atomic mass is 35.5. The molecule has 1 saturated heterocycles. The van der Waals surface area contributed by atoms with Crippen LogP contribution in [0.5, 0.6) is 0 Å². The third kappa shape index (κ3) is 6.49. The fraction of sp³-hybridized carbons (Fsp3) is 0.296. The molecule has 0 bridgehead atoms. The monoisotopic (exact) mass is 535 g/mol. The largest absolute Gasteiger partial charge is 0.369 e. The maximum absolute atomic E-state index is 12.3. The van der Waals surface area contributed by atoms with Gasteiger partial charge in [0.2, 0.25) is 5.95 Å². The van der Waals surface area contributed by atoms with Gasteiger partial charge in [-0.05, 0) is 73.4 Å². The number of amides is 1. The molecule has 0 radical (unpaired) electrons. The molecular weight excluding hydrogens is 506 g/mol. The van der Waals surface area contributed by atoms with Gasteiger partial charge in [0, 0.05) is 61.2 Å². The Balaban J connectivity index is 1.16. The summed E-state index contributed by atoms with van der Waals surface area (Å²) in [4.78, 5) is 26.5. The van der Waals surface area contributed by atoms with Crippen LogP contribution in [0, 0.1) is 0 Å². The lowest BCUT2D eigenvalue weighted by molar-refractivity contribution is 0.0953. The molecule has 8 nitrogen and oxygen atoms in total. The topological polar surface area (TPSA) is 85.4 Å². The highest BCUT2D eigenvalue weighted by Gasteiger charge is 2.14. The predicted molar refractivity (Wildman–Crippen MR) is 154 cm³/mol. The molecule has 37 heavy (non-hydrogen) atoms. The number of halogens is 1. The molecule has 2 aromatic heterocycles. The molecule has 0 atom stereocenters. The minimum absolute atomic E-state index is 0.107. The van der Waals surface area contributed by atoms with Crippen LogP contribution in [-0.4, -0.2) is 67.1 Å². The van der Waals surface area contributed by atoms with Crippen molar-refractivity contribution < 1.29 is 4.79 Å². The Morgan fingerprint density at radius 1 is 0.973 bits per heavy atom. The van der Waals surface area contributed by atoms with Crippen molar-refractivity contribution in [2.75, 3.05) is 61.8 Å². The first kappa shape index (κ1) is 25.3. The van der Waals surface area contributed by atoms with E-state index in [1.807, 2.05) is 11.4 Å². The van der Waals surface area contributed by atoms with Gasteiger partial charge in [-0.3, -0.25) is 4.79 Å². The van der Waals surface area contributed by atoms with E-state index in [0.717, 1.165) is 54.3 Å². The van der Waals surface area contributed by atoms with Gasteiger partial charge in [0.15, 0.2) is 0 Å². The zero-order valence-corrected chi connectivity index (χ0v) is 22.3. The predicted octanol–water partition coefficient (Wildman–Crippen LogP) is 5.07. The number of benzene rings is 2. The van der Waals surface area contributed by atoms with E-state index in [4.69, 9.17) is 16.6 Å². The molecule has 0 aliphatic carbocycles. The number of aromatic nitrogens is 2. The number of hydrogen-bond acceptors (Lipinski definition) is 8. The zero-order valence-electron chi connectivity index (χ0n) is 20.7. The number of nitrogens with one attached hydrogen (secondary N) is 3. The number of carbonyl (C=O) groups excluding carboxylic acids is 1. The number of rotatable bonds is 9. The molecule has 0 unspecified atom stereocenters. The van der Waals surface area contributed by atoms with E-state index in [-0.39, 0.29) is 5.91 Å². The normalized spacial score (nSPS) is 14.1. The number of fused-ring (bicyclic) bond motifs is 1. The molecular formula is C27H30ClN7OS. The van der Waals surface area contributed by atoms with Crippen LogP contribution in [0.1, 0.15) is 16.8 Å². The second-order valence-electron chi connectivity index (χ2n) is 9.04. The number of carbonyl (C=O) groups is 1. The quantitative estimate of drug-likeness (QED) is 0.258. The second-order valence-corrected chi connectivity index (χ2v) is 10.4.